The van der Waals surface area contributed by atoms with E-state index in [2.05, 4.69) is 4.90 Å². The first kappa shape index (κ1) is 15.3. The lowest BCUT2D eigenvalue weighted by Gasteiger charge is -2.43. The molecule has 0 amide bonds. The Balaban J connectivity index is 1.85. The summed E-state index contributed by atoms with van der Waals surface area (Å²) in [5, 5.41) is 0. The molecule has 2 fully saturated rings. The number of sulfonamides is 1. The van der Waals surface area contributed by atoms with Crippen LogP contribution in [0.1, 0.15) is 24.8 Å². The van der Waals surface area contributed by atoms with Crippen LogP contribution in [-0.4, -0.2) is 49.8 Å². The number of hydrogen-bond donors (Lipinski definition) is 0. The van der Waals surface area contributed by atoms with Crippen molar-refractivity contribution in [3.63, 3.8) is 0 Å². The van der Waals surface area contributed by atoms with Crippen molar-refractivity contribution >= 4 is 21.6 Å². The maximum Gasteiger partial charge on any atom is 0.243 e. The third kappa shape index (κ3) is 2.97. The number of fused-ring (bicyclic) bond motifs is 1. The van der Waals surface area contributed by atoms with E-state index in [0.717, 1.165) is 19.5 Å². The second kappa shape index (κ2) is 6.24. The van der Waals surface area contributed by atoms with Gasteiger partial charge in [0.25, 0.3) is 0 Å². The summed E-state index contributed by atoms with van der Waals surface area (Å²) in [4.78, 5) is 2.80. The highest BCUT2D eigenvalue weighted by molar-refractivity contribution is 7.89. The van der Waals surface area contributed by atoms with Crippen LogP contribution < -0.4 is 0 Å². The fourth-order valence-corrected chi connectivity index (χ4v) is 5.35. The summed E-state index contributed by atoms with van der Waals surface area (Å²) in [6.07, 6.45) is 3.54. The molecule has 21 heavy (non-hydrogen) atoms. The van der Waals surface area contributed by atoms with Crippen molar-refractivity contribution in [1.82, 2.24) is 9.21 Å². The summed E-state index contributed by atoms with van der Waals surface area (Å²) in [6.45, 7) is 3.14. The molecular weight excluding hydrogens is 308 g/mol. The molecule has 0 aromatic heterocycles. The number of alkyl halides is 1. The van der Waals surface area contributed by atoms with Crippen LogP contribution in [0.25, 0.3) is 0 Å². The normalized spacial score (nSPS) is 24.7. The van der Waals surface area contributed by atoms with E-state index in [-0.39, 0.29) is 5.88 Å². The zero-order valence-corrected chi connectivity index (χ0v) is 13.6. The molecule has 2 aliphatic heterocycles. The first-order chi connectivity index (χ1) is 10.1. The van der Waals surface area contributed by atoms with Gasteiger partial charge in [0.1, 0.15) is 0 Å². The Morgan fingerprint density at radius 1 is 1.14 bits per heavy atom. The average Bonchev–Trinajstić information content (AvgIpc) is 2.54. The fraction of sp³-hybridized carbons (Fsp3) is 0.600. The predicted octanol–water partition coefficient (Wildman–Crippen LogP) is 2.28. The molecule has 6 heteroatoms. The lowest BCUT2D eigenvalue weighted by atomic mass is 10.0. The van der Waals surface area contributed by atoms with E-state index >= 15 is 0 Å². The average molecular weight is 329 g/mol. The van der Waals surface area contributed by atoms with Gasteiger partial charge in [-0.05, 0) is 31.0 Å². The van der Waals surface area contributed by atoms with Crippen molar-refractivity contribution in [3.05, 3.63) is 29.8 Å². The van der Waals surface area contributed by atoms with Crippen LogP contribution >= 0.6 is 11.6 Å². The van der Waals surface area contributed by atoms with Crippen molar-refractivity contribution in [3.8, 4) is 0 Å². The lowest BCUT2D eigenvalue weighted by molar-refractivity contribution is 0.0851. The molecule has 3 rings (SSSR count). The van der Waals surface area contributed by atoms with E-state index in [1.807, 2.05) is 6.07 Å². The maximum absolute atomic E-state index is 12.9. The van der Waals surface area contributed by atoms with Crippen LogP contribution in [0, 0.1) is 0 Å². The highest BCUT2D eigenvalue weighted by Crippen LogP contribution is 2.27. The van der Waals surface area contributed by atoms with Crippen molar-refractivity contribution < 1.29 is 8.42 Å². The molecule has 116 valence electrons. The third-order valence-corrected chi connectivity index (χ3v) is 6.79. The topological polar surface area (TPSA) is 40.6 Å². The van der Waals surface area contributed by atoms with Gasteiger partial charge in [0.05, 0.1) is 4.90 Å². The minimum Gasteiger partial charge on any atom is -0.298 e. The SMILES string of the molecule is O=S(=O)(c1ccccc1CCl)N1CCN2CCCCC2C1. The smallest absolute Gasteiger partial charge is 0.243 e. The Morgan fingerprint density at radius 3 is 2.76 bits per heavy atom. The second-order valence-corrected chi connectivity index (χ2v) is 7.96. The van der Waals surface area contributed by atoms with Gasteiger partial charge in [-0.3, -0.25) is 4.90 Å². The first-order valence-electron chi connectivity index (χ1n) is 7.51. The molecule has 0 spiro atoms. The zero-order valence-electron chi connectivity index (χ0n) is 12.0. The summed E-state index contributed by atoms with van der Waals surface area (Å²) in [5.41, 5.74) is 0.685. The van der Waals surface area contributed by atoms with Crippen molar-refractivity contribution in [2.45, 2.75) is 36.1 Å². The fourth-order valence-electron chi connectivity index (χ4n) is 3.35. The minimum absolute atomic E-state index is 0.221. The molecule has 4 nitrogen and oxygen atoms in total. The first-order valence-corrected chi connectivity index (χ1v) is 9.48. The van der Waals surface area contributed by atoms with Crippen LogP contribution in [-0.2, 0) is 15.9 Å². The van der Waals surface area contributed by atoms with Crippen molar-refractivity contribution in [1.29, 1.82) is 0 Å². The van der Waals surface area contributed by atoms with Gasteiger partial charge in [-0.2, -0.15) is 4.31 Å². The van der Waals surface area contributed by atoms with Gasteiger partial charge in [-0.1, -0.05) is 24.6 Å². The lowest BCUT2D eigenvalue weighted by Crippen LogP contribution is -2.56. The number of piperidine rings is 1. The summed E-state index contributed by atoms with van der Waals surface area (Å²) >= 11 is 5.90. The van der Waals surface area contributed by atoms with E-state index in [4.69, 9.17) is 11.6 Å². The van der Waals surface area contributed by atoms with E-state index in [9.17, 15) is 8.42 Å². The van der Waals surface area contributed by atoms with E-state index in [0.29, 0.717) is 29.6 Å². The van der Waals surface area contributed by atoms with Gasteiger partial charge < -0.3 is 0 Å². The molecule has 1 atom stereocenters. The molecule has 0 aliphatic carbocycles. The molecule has 2 saturated heterocycles. The molecule has 0 N–H and O–H groups in total. The van der Waals surface area contributed by atoms with Crippen molar-refractivity contribution in [2.24, 2.45) is 0 Å². The van der Waals surface area contributed by atoms with Gasteiger partial charge in [-0.25, -0.2) is 8.42 Å². The molecule has 1 unspecified atom stereocenters. The Bertz CT molecular complexity index is 605. The molecule has 0 saturated carbocycles. The van der Waals surface area contributed by atoms with E-state index in [1.165, 1.54) is 12.8 Å². The highest BCUT2D eigenvalue weighted by Gasteiger charge is 2.35. The number of rotatable bonds is 3. The highest BCUT2D eigenvalue weighted by atomic mass is 35.5. The quantitative estimate of drug-likeness (QED) is 0.799. The molecular formula is C15H21ClN2O2S. The predicted molar refractivity (Wildman–Crippen MR) is 84.0 cm³/mol. The van der Waals surface area contributed by atoms with Gasteiger partial charge in [0.2, 0.25) is 10.0 Å². The van der Waals surface area contributed by atoms with Gasteiger partial charge >= 0.3 is 0 Å². The van der Waals surface area contributed by atoms with Crippen molar-refractivity contribution in [2.75, 3.05) is 26.2 Å². The molecule has 0 radical (unpaired) electrons. The second-order valence-electron chi connectivity index (χ2n) is 5.79. The summed E-state index contributed by atoms with van der Waals surface area (Å²) in [5.74, 6) is 0.221. The van der Waals surface area contributed by atoms with Crippen LogP contribution in [0.2, 0.25) is 0 Å². The Hall–Kier alpha value is -0.620. The van der Waals surface area contributed by atoms with Crippen LogP contribution in [0.3, 0.4) is 0 Å². The number of nitrogens with zero attached hydrogens (tertiary/aromatic N) is 2. The third-order valence-electron chi connectivity index (χ3n) is 4.53. The summed E-state index contributed by atoms with van der Waals surface area (Å²) in [7, 11) is -3.43. The molecule has 0 bridgehead atoms. The van der Waals surface area contributed by atoms with E-state index in [1.54, 1.807) is 22.5 Å². The standard InChI is InChI=1S/C15H21ClN2O2S/c16-11-13-5-1-2-7-15(13)21(19,20)18-10-9-17-8-4-3-6-14(17)12-18/h1-2,5,7,14H,3-4,6,8-12H2. The van der Waals surface area contributed by atoms with Crippen LogP contribution in [0.4, 0.5) is 0 Å². The largest absolute Gasteiger partial charge is 0.298 e. The van der Waals surface area contributed by atoms with E-state index < -0.39 is 10.0 Å². The van der Waals surface area contributed by atoms with Gasteiger partial charge in [0.15, 0.2) is 0 Å². The number of hydrogen-bond acceptors (Lipinski definition) is 3. The molecule has 1 aromatic carbocycles. The van der Waals surface area contributed by atoms with Crippen LogP contribution in [0.15, 0.2) is 29.2 Å². The number of piperazine rings is 1. The summed E-state index contributed by atoms with van der Waals surface area (Å²) in [6, 6.07) is 7.43. The Labute approximate surface area is 131 Å². The number of benzene rings is 1. The molecule has 2 heterocycles. The molecule has 1 aromatic rings. The monoisotopic (exact) mass is 328 g/mol. The zero-order chi connectivity index (χ0) is 14.9. The minimum atomic E-state index is -3.43. The number of halogens is 1. The Kier molecular flexibility index (Phi) is 4.54. The van der Waals surface area contributed by atoms with Gasteiger partial charge in [0, 0.05) is 31.6 Å². The van der Waals surface area contributed by atoms with Crippen LogP contribution in [0.5, 0.6) is 0 Å². The Morgan fingerprint density at radius 2 is 1.95 bits per heavy atom. The summed E-state index contributed by atoms with van der Waals surface area (Å²) < 4.78 is 27.4. The maximum atomic E-state index is 12.9. The molecule has 2 aliphatic rings. The van der Waals surface area contributed by atoms with Gasteiger partial charge in [-0.15, -0.1) is 11.6 Å².